The molecule has 2 unspecified atom stereocenters. The number of hydrogen-bond donors (Lipinski definition) is 1. The van der Waals surface area contributed by atoms with Gasteiger partial charge in [-0.15, -0.1) is 4.91 Å². The Morgan fingerprint density at radius 2 is 2.27 bits per heavy atom. The molecule has 1 N–H and O–H groups in total. The number of carbonyl (C=O) groups is 1. The van der Waals surface area contributed by atoms with Gasteiger partial charge in [-0.1, -0.05) is 0 Å². The van der Waals surface area contributed by atoms with E-state index in [1.807, 2.05) is 0 Å². The summed E-state index contributed by atoms with van der Waals surface area (Å²) >= 11 is 0. The van der Waals surface area contributed by atoms with Crippen molar-refractivity contribution >= 4 is 5.97 Å². The SMILES string of the molecule is CC1CCC(C(=O)O)N1N=O. The zero-order valence-corrected chi connectivity index (χ0v) is 6.23. The Hall–Kier alpha value is -1.13. The van der Waals surface area contributed by atoms with Crippen LogP contribution >= 0.6 is 0 Å². The summed E-state index contributed by atoms with van der Waals surface area (Å²) in [6.07, 6.45) is 1.24. The molecule has 0 saturated carbocycles. The normalized spacial score (nSPS) is 30.5. The Morgan fingerprint density at radius 3 is 2.64 bits per heavy atom. The highest BCUT2D eigenvalue weighted by molar-refractivity contribution is 5.73. The van der Waals surface area contributed by atoms with Gasteiger partial charge in [0, 0.05) is 6.04 Å². The maximum Gasteiger partial charge on any atom is 0.328 e. The minimum absolute atomic E-state index is 0.0337. The highest BCUT2D eigenvalue weighted by Crippen LogP contribution is 2.23. The molecule has 5 nitrogen and oxygen atoms in total. The molecule has 0 aliphatic carbocycles. The largest absolute Gasteiger partial charge is 0.480 e. The van der Waals surface area contributed by atoms with Crippen LogP contribution in [0.25, 0.3) is 0 Å². The number of nitrogens with zero attached hydrogens (tertiary/aromatic N) is 2. The van der Waals surface area contributed by atoms with Gasteiger partial charge in [0.1, 0.15) is 6.04 Å². The Balaban J connectivity index is 2.68. The second-order valence-corrected chi connectivity index (χ2v) is 2.74. The standard InChI is InChI=1S/C6H10N2O3/c1-4-2-3-5(6(9)10)8(4)7-11/h4-5H,2-3H2,1H3,(H,9,10). The second kappa shape index (κ2) is 2.86. The summed E-state index contributed by atoms with van der Waals surface area (Å²) in [4.78, 5) is 20.6. The second-order valence-electron chi connectivity index (χ2n) is 2.74. The van der Waals surface area contributed by atoms with Gasteiger partial charge in [-0.25, -0.2) is 9.80 Å². The van der Waals surface area contributed by atoms with Crippen molar-refractivity contribution in [3.05, 3.63) is 4.91 Å². The highest BCUT2D eigenvalue weighted by atomic mass is 16.4. The van der Waals surface area contributed by atoms with Gasteiger partial charge in [0.15, 0.2) is 0 Å². The predicted octanol–water partition coefficient (Wildman–Crippen LogP) is 0.605. The molecule has 0 spiro atoms. The van der Waals surface area contributed by atoms with Crippen molar-refractivity contribution in [1.29, 1.82) is 0 Å². The quantitative estimate of drug-likeness (QED) is 0.597. The van der Waals surface area contributed by atoms with E-state index >= 15 is 0 Å². The van der Waals surface area contributed by atoms with Crippen LogP contribution in [0.3, 0.4) is 0 Å². The molecule has 11 heavy (non-hydrogen) atoms. The number of carboxylic acid groups (broad SMARTS) is 1. The third-order valence-electron chi connectivity index (χ3n) is 2.01. The third kappa shape index (κ3) is 1.31. The maximum atomic E-state index is 10.5. The van der Waals surface area contributed by atoms with E-state index in [-0.39, 0.29) is 6.04 Å². The van der Waals surface area contributed by atoms with Crippen LogP contribution in [0.2, 0.25) is 0 Å². The van der Waals surface area contributed by atoms with E-state index in [9.17, 15) is 9.70 Å². The molecule has 2 atom stereocenters. The molecular formula is C6H10N2O3. The molecule has 0 aromatic heterocycles. The van der Waals surface area contributed by atoms with Gasteiger partial charge in [-0.2, -0.15) is 0 Å². The van der Waals surface area contributed by atoms with Crippen LogP contribution in [-0.2, 0) is 4.79 Å². The van der Waals surface area contributed by atoms with E-state index in [2.05, 4.69) is 5.29 Å². The first kappa shape index (κ1) is 7.97. The topological polar surface area (TPSA) is 70.0 Å². The minimum atomic E-state index is -0.964. The number of nitroso groups, excluding NO2 is 1. The average molecular weight is 158 g/mol. The number of aliphatic carboxylic acids is 1. The monoisotopic (exact) mass is 158 g/mol. The van der Waals surface area contributed by atoms with Gasteiger partial charge in [0.25, 0.3) is 0 Å². The Labute approximate surface area is 63.9 Å². The van der Waals surface area contributed by atoms with Gasteiger partial charge in [0.05, 0.1) is 5.29 Å². The van der Waals surface area contributed by atoms with Crippen LogP contribution in [0, 0.1) is 4.91 Å². The Morgan fingerprint density at radius 1 is 1.64 bits per heavy atom. The molecule has 0 aromatic carbocycles. The summed E-state index contributed by atoms with van der Waals surface area (Å²) in [7, 11) is 0. The molecule has 5 heteroatoms. The summed E-state index contributed by atoms with van der Waals surface area (Å²) < 4.78 is 0. The first-order valence-electron chi connectivity index (χ1n) is 3.51. The molecule has 0 amide bonds. The van der Waals surface area contributed by atoms with Crippen LogP contribution in [0.5, 0.6) is 0 Å². The maximum absolute atomic E-state index is 10.5. The number of hydrogen-bond acceptors (Lipinski definition) is 3. The molecule has 1 heterocycles. The van der Waals surface area contributed by atoms with Gasteiger partial charge in [0.2, 0.25) is 0 Å². The molecule has 0 bridgehead atoms. The molecule has 1 aliphatic heterocycles. The van der Waals surface area contributed by atoms with Crippen molar-refractivity contribution in [3.8, 4) is 0 Å². The lowest BCUT2D eigenvalue weighted by Crippen LogP contribution is -2.34. The van der Waals surface area contributed by atoms with Gasteiger partial charge in [-0.3, -0.25) is 0 Å². The molecule has 0 aromatic rings. The van der Waals surface area contributed by atoms with Crippen molar-refractivity contribution in [2.75, 3.05) is 0 Å². The minimum Gasteiger partial charge on any atom is -0.480 e. The van der Waals surface area contributed by atoms with E-state index in [1.165, 1.54) is 0 Å². The summed E-state index contributed by atoms with van der Waals surface area (Å²) in [5.41, 5.74) is 0. The molecule has 62 valence electrons. The summed E-state index contributed by atoms with van der Waals surface area (Å²) in [6, 6.07) is -0.740. The summed E-state index contributed by atoms with van der Waals surface area (Å²) in [5, 5.41) is 12.4. The fourth-order valence-electron chi connectivity index (χ4n) is 1.34. The summed E-state index contributed by atoms with van der Waals surface area (Å²) in [6.45, 7) is 1.80. The van der Waals surface area contributed by atoms with E-state index < -0.39 is 12.0 Å². The zero-order chi connectivity index (χ0) is 8.43. The van der Waals surface area contributed by atoms with Crippen LogP contribution in [0.4, 0.5) is 0 Å². The van der Waals surface area contributed by atoms with Crippen LogP contribution in [0.15, 0.2) is 5.29 Å². The fraction of sp³-hybridized carbons (Fsp3) is 0.833. The Bertz CT molecular complexity index is 183. The number of rotatable bonds is 2. The molecule has 1 fully saturated rings. The van der Waals surface area contributed by atoms with E-state index in [0.29, 0.717) is 6.42 Å². The lowest BCUT2D eigenvalue weighted by Gasteiger charge is -2.17. The predicted molar refractivity (Wildman–Crippen MR) is 37.8 cm³/mol. The first-order chi connectivity index (χ1) is 5.16. The van der Waals surface area contributed by atoms with Crippen molar-refractivity contribution in [1.82, 2.24) is 5.01 Å². The molecule has 1 aliphatic rings. The molecule has 0 radical (unpaired) electrons. The average Bonchev–Trinajstić information content (AvgIpc) is 2.30. The fourth-order valence-corrected chi connectivity index (χ4v) is 1.34. The van der Waals surface area contributed by atoms with E-state index in [0.717, 1.165) is 11.4 Å². The molecule has 1 saturated heterocycles. The van der Waals surface area contributed by atoms with Gasteiger partial charge in [-0.05, 0) is 19.8 Å². The Kier molecular flexibility index (Phi) is 2.07. The van der Waals surface area contributed by atoms with E-state index in [1.54, 1.807) is 6.92 Å². The van der Waals surface area contributed by atoms with Crippen molar-refractivity contribution in [3.63, 3.8) is 0 Å². The van der Waals surface area contributed by atoms with Crippen molar-refractivity contribution in [2.45, 2.75) is 31.8 Å². The highest BCUT2D eigenvalue weighted by Gasteiger charge is 2.35. The lowest BCUT2D eigenvalue weighted by molar-refractivity contribution is -0.142. The van der Waals surface area contributed by atoms with Crippen molar-refractivity contribution in [2.24, 2.45) is 5.29 Å². The van der Waals surface area contributed by atoms with Gasteiger partial charge < -0.3 is 5.11 Å². The molecular weight excluding hydrogens is 148 g/mol. The first-order valence-corrected chi connectivity index (χ1v) is 3.51. The van der Waals surface area contributed by atoms with Crippen LogP contribution in [0.1, 0.15) is 19.8 Å². The summed E-state index contributed by atoms with van der Waals surface area (Å²) in [5.74, 6) is -0.964. The number of carboxylic acids is 1. The van der Waals surface area contributed by atoms with Crippen LogP contribution in [-0.4, -0.2) is 28.2 Å². The van der Waals surface area contributed by atoms with Crippen molar-refractivity contribution < 1.29 is 9.90 Å². The lowest BCUT2D eigenvalue weighted by atomic mass is 10.2. The molecule has 1 rings (SSSR count). The van der Waals surface area contributed by atoms with Gasteiger partial charge >= 0.3 is 5.97 Å². The van der Waals surface area contributed by atoms with E-state index in [4.69, 9.17) is 5.11 Å². The third-order valence-corrected chi connectivity index (χ3v) is 2.01. The van der Waals surface area contributed by atoms with Crippen LogP contribution < -0.4 is 0 Å². The zero-order valence-electron chi connectivity index (χ0n) is 6.23. The smallest absolute Gasteiger partial charge is 0.328 e.